The summed E-state index contributed by atoms with van der Waals surface area (Å²) in [6.07, 6.45) is 5.41. The number of hydrogen-bond acceptors (Lipinski definition) is 2. The van der Waals surface area contributed by atoms with Crippen molar-refractivity contribution < 1.29 is 9.90 Å². The average Bonchev–Trinajstić information content (AvgIpc) is 2.39. The van der Waals surface area contributed by atoms with Gasteiger partial charge >= 0.3 is 5.97 Å². The average molecular weight is 273 g/mol. The predicted octanol–water partition coefficient (Wildman–Crippen LogP) is 3.40. The fraction of sp³-hybridized carbons (Fsp3) is 0.588. The third kappa shape index (κ3) is 2.47. The summed E-state index contributed by atoms with van der Waals surface area (Å²) in [4.78, 5) is 13.5. The van der Waals surface area contributed by atoms with Crippen LogP contribution in [-0.2, 0) is 6.54 Å². The highest BCUT2D eigenvalue weighted by Crippen LogP contribution is 2.51. The Morgan fingerprint density at radius 1 is 1.45 bits per heavy atom. The summed E-state index contributed by atoms with van der Waals surface area (Å²) in [5, 5.41) is 9.07. The largest absolute Gasteiger partial charge is 0.478 e. The Morgan fingerprint density at radius 3 is 2.90 bits per heavy atom. The van der Waals surface area contributed by atoms with Crippen LogP contribution in [0.3, 0.4) is 0 Å². The summed E-state index contributed by atoms with van der Waals surface area (Å²) < 4.78 is 0. The highest BCUT2D eigenvalue weighted by atomic mass is 16.4. The van der Waals surface area contributed by atoms with Crippen LogP contribution in [-0.4, -0.2) is 29.1 Å². The smallest absolute Gasteiger partial charge is 0.335 e. The molecule has 1 N–H and O–H groups in total. The van der Waals surface area contributed by atoms with E-state index in [2.05, 4.69) is 11.8 Å². The Hall–Kier alpha value is -1.35. The molecule has 3 heteroatoms. The van der Waals surface area contributed by atoms with Gasteiger partial charge in [-0.1, -0.05) is 25.5 Å². The summed E-state index contributed by atoms with van der Waals surface area (Å²) in [7, 11) is 0. The van der Waals surface area contributed by atoms with E-state index < -0.39 is 5.97 Å². The second kappa shape index (κ2) is 5.21. The molecule has 1 aliphatic carbocycles. The van der Waals surface area contributed by atoms with Crippen molar-refractivity contribution in [2.45, 2.75) is 39.2 Å². The molecule has 2 fully saturated rings. The lowest BCUT2D eigenvalue weighted by atomic mass is 9.59. The number of rotatable bonds is 3. The Morgan fingerprint density at radius 2 is 2.25 bits per heavy atom. The normalized spacial score (nSPS) is 25.4. The molecule has 2 aliphatic rings. The van der Waals surface area contributed by atoms with Gasteiger partial charge in [-0.15, -0.1) is 0 Å². The van der Waals surface area contributed by atoms with Gasteiger partial charge in [0.1, 0.15) is 0 Å². The lowest BCUT2D eigenvalue weighted by Crippen LogP contribution is -2.51. The fourth-order valence-corrected chi connectivity index (χ4v) is 3.84. The monoisotopic (exact) mass is 273 g/mol. The maximum absolute atomic E-state index is 11.0. The number of carboxylic acid groups (broad SMARTS) is 1. The van der Waals surface area contributed by atoms with Crippen LogP contribution < -0.4 is 0 Å². The molecular weight excluding hydrogens is 250 g/mol. The molecule has 0 radical (unpaired) electrons. The zero-order valence-corrected chi connectivity index (χ0v) is 12.1. The van der Waals surface area contributed by atoms with Crippen molar-refractivity contribution in [2.24, 2.45) is 11.3 Å². The van der Waals surface area contributed by atoms with E-state index in [0.717, 1.165) is 24.6 Å². The Balaban J connectivity index is 1.69. The standard InChI is InChI=1S/C17H23NO2/c1-13-6-9-18(12-17(13)7-3-8-17)11-14-4-2-5-15(10-14)16(19)20/h2,4-5,10,13H,3,6-9,11-12H2,1H3,(H,19,20). The van der Waals surface area contributed by atoms with Crippen LogP contribution in [0.15, 0.2) is 24.3 Å². The molecular formula is C17H23NO2. The van der Waals surface area contributed by atoms with Crippen molar-refractivity contribution in [2.75, 3.05) is 13.1 Å². The molecule has 1 aromatic carbocycles. The van der Waals surface area contributed by atoms with Crippen molar-refractivity contribution in [3.63, 3.8) is 0 Å². The van der Waals surface area contributed by atoms with Crippen LogP contribution in [0.1, 0.15) is 48.5 Å². The lowest BCUT2D eigenvalue weighted by Gasteiger charge is -2.53. The third-order valence-electron chi connectivity index (χ3n) is 5.39. The molecule has 1 spiro atoms. The first-order valence-electron chi connectivity index (χ1n) is 7.64. The Kier molecular flexibility index (Phi) is 3.55. The van der Waals surface area contributed by atoms with E-state index in [1.54, 1.807) is 6.07 Å². The van der Waals surface area contributed by atoms with Crippen LogP contribution >= 0.6 is 0 Å². The van der Waals surface area contributed by atoms with Crippen molar-refractivity contribution >= 4 is 5.97 Å². The number of benzene rings is 1. The molecule has 3 nitrogen and oxygen atoms in total. The van der Waals surface area contributed by atoms with E-state index >= 15 is 0 Å². The second-order valence-electron chi connectivity index (χ2n) is 6.62. The summed E-state index contributed by atoms with van der Waals surface area (Å²) in [6.45, 7) is 5.61. The van der Waals surface area contributed by atoms with Crippen molar-refractivity contribution in [3.8, 4) is 0 Å². The molecule has 1 heterocycles. The van der Waals surface area contributed by atoms with E-state index in [0.29, 0.717) is 11.0 Å². The Bertz CT molecular complexity index is 507. The summed E-state index contributed by atoms with van der Waals surface area (Å²) >= 11 is 0. The number of aromatic carboxylic acids is 1. The van der Waals surface area contributed by atoms with E-state index in [-0.39, 0.29) is 0 Å². The van der Waals surface area contributed by atoms with Crippen LogP contribution in [0.25, 0.3) is 0 Å². The number of carbonyl (C=O) groups is 1. The highest BCUT2D eigenvalue weighted by Gasteiger charge is 2.45. The van der Waals surface area contributed by atoms with Crippen molar-refractivity contribution in [1.82, 2.24) is 4.90 Å². The first kappa shape index (κ1) is 13.6. The van der Waals surface area contributed by atoms with Crippen LogP contribution in [0, 0.1) is 11.3 Å². The molecule has 108 valence electrons. The van der Waals surface area contributed by atoms with Gasteiger partial charge < -0.3 is 5.11 Å². The van der Waals surface area contributed by atoms with E-state index in [4.69, 9.17) is 5.11 Å². The van der Waals surface area contributed by atoms with Gasteiger partial charge in [0, 0.05) is 13.1 Å². The quantitative estimate of drug-likeness (QED) is 0.917. The summed E-state index contributed by atoms with van der Waals surface area (Å²) in [5.41, 5.74) is 2.07. The van der Waals surface area contributed by atoms with Crippen molar-refractivity contribution in [3.05, 3.63) is 35.4 Å². The minimum absolute atomic E-state index is 0.395. The van der Waals surface area contributed by atoms with Gasteiger partial charge in [0.15, 0.2) is 0 Å². The minimum Gasteiger partial charge on any atom is -0.478 e. The molecule has 20 heavy (non-hydrogen) atoms. The Labute approximate surface area is 120 Å². The highest BCUT2D eigenvalue weighted by molar-refractivity contribution is 5.87. The zero-order chi connectivity index (χ0) is 14.2. The molecule has 1 saturated heterocycles. The molecule has 1 unspecified atom stereocenters. The van der Waals surface area contributed by atoms with Crippen LogP contribution in [0.4, 0.5) is 0 Å². The van der Waals surface area contributed by atoms with Gasteiger partial charge in [0.05, 0.1) is 5.56 Å². The SMILES string of the molecule is CC1CCN(Cc2cccc(C(=O)O)c2)CC12CCC2. The van der Waals surface area contributed by atoms with Crippen molar-refractivity contribution in [1.29, 1.82) is 0 Å². The molecule has 1 saturated carbocycles. The van der Waals surface area contributed by atoms with Gasteiger partial charge in [0.25, 0.3) is 0 Å². The van der Waals surface area contributed by atoms with Gasteiger partial charge in [-0.05, 0) is 54.8 Å². The maximum atomic E-state index is 11.0. The molecule has 0 amide bonds. The summed E-state index contributed by atoms with van der Waals surface area (Å²) in [6, 6.07) is 7.37. The van der Waals surface area contributed by atoms with Gasteiger partial charge in [-0.3, -0.25) is 4.90 Å². The number of piperidine rings is 1. The third-order valence-corrected chi connectivity index (χ3v) is 5.39. The second-order valence-corrected chi connectivity index (χ2v) is 6.62. The lowest BCUT2D eigenvalue weighted by molar-refractivity contribution is -0.0312. The van der Waals surface area contributed by atoms with E-state index in [1.807, 2.05) is 18.2 Å². The van der Waals surface area contributed by atoms with Gasteiger partial charge in [-0.25, -0.2) is 4.79 Å². The molecule has 3 rings (SSSR count). The van der Waals surface area contributed by atoms with Crippen LogP contribution in [0.5, 0.6) is 0 Å². The molecule has 0 aromatic heterocycles. The van der Waals surface area contributed by atoms with Gasteiger partial charge in [-0.2, -0.15) is 0 Å². The number of carboxylic acids is 1. The predicted molar refractivity (Wildman–Crippen MR) is 78.7 cm³/mol. The van der Waals surface area contributed by atoms with Gasteiger partial charge in [0.2, 0.25) is 0 Å². The molecule has 1 aromatic rings. The van der Waals surface area contributed by atoms with E-state index in [1.165, 1.54) is 32.2 Å². The molecule has 1 atom stereocenters. The number of hydrogen-bond donors (Lipinski definition) is 1. The number of nitrogens with zero attached hydrogens (tertiary/aromatic N) is 1. The maximum Gasteiger partial charge on any atom is 0.335 e. The minimum atomic E-state index is -0.838. The topological polar surface area (TPSA) is 40.5 Å². The zero-order valence-electron chi connectivity index (χ0n) is 12.1. The first-order valence-corrected chi connectivity index (χ1v) is 7.64. The van der Waals surface area contributed by atoms with Crippen LogP contribution in [0.2, 0.25) is 0 Å². The number of likely N-dealkylation sites (tertiary alicyclic amines) is 1. The fourth-order valence-electron chi connectivity index (χ4n) is 3.84. The summed E-state index contributed by atoms with van der Waals surface area (Å²) in [5.74, 6) is 0.00688. The molecule has 0 bridgehead atoms. The van der Waals surface area contributed by atoms with E-state index in [9.17, 15) is 4.79 Å². The molecule has 1 aliphatic heterocycles. The first-order chi connectivity index (χ1) is 9.59.